The summed E-state index contributed by atoms with van der Waals surface area (Å²) in [4.78, 5) is 18.7. The lowest BCUT2D eigenvalue weighted by Crippen LogP contribution is -2.26. The van der Waals surface area contributed by atoms with Crippen LogP contribution in [0, 0.1) is 0 Å². The summed E-state index contributed by atoms with van der Waals surface area (Å²) >= 11 is 0. The Morgan fingerprint density at radius 2 is 1.94 bits per heavy atom. The van der Waals surface area contributed by atoms with Crippen molar-refractivity contribution in [2.75, 3.05) is 27.9 Å². The SMILES string of the molecule is C=C(C)COc1cccc(C(=O)N(C)Cc2nc(-c3ccc(OC)cc3OC)no2)c1. The Kier molecular flexibility index (Phi) is 6.92. The topological polar surface area (TPSA) is 86.9 Å². The summed E-state index contributed by atoms with van der Waals surface area (Å²) in [5, 5.41) is 4.02. The fourth-order valence-corrected chi connectivity index (χ4v) is 2.83. The number of carbonyl (C=O) groups excluding carboxylic acids is 1. The van der Waals surface area contributed by atoms with Crippen LogP contribution in [-0.2, 0) is 6.54 Å². The van der Waals surface area contributed by atoms with Crippen molar-refractivity contribution < 1.29 is 23.5 Å². The quantitative estimate of drug-likeness (QED) is 0.481. The highest BCUT2D eigenvalue weighted by molar-refractivity contribution is 5.94. The van der Waals surface area contributed by atoms with E-state index in [-0.39, 0.29) is 12.5 Å². The molecule has 0 aliphatic carbocycles. The molecule has 1 aromatic heterocycles. The van der Waals surface area contributed by atoms with Crippen molar-refractivity contribution >= 4 is 5.91 Å². The molecule has 31 heavy (non-hydrogen) atoms. The molecule has 0 spiro atoms. The van der Waals surface area contributed by atoms with E-state index in [9.17, 15) is 4.79 Å². The summed E-state index contributed by atoms with van der Waals surface area (Å²) in [5.41, 5.74) is 2.06. The van der Waals surface area contributed by atoms with Crippen molar-refractivity contribution in [3.63, 3.8) is 0 Å². The number of nitrogens with zero attached hydrogens (tertiary/aromatic N) is 3. The van der Waals surface area contributed by atoms with Gasteiger partial charge >= 0.3 is 0 Å². The minimum Gasteiger partial charge on any atom is -0.497 e. The van der Waals surface area contributed by atoms with E-state index >= 15 is 0 Å². The average molecular weight is 423 g/mol. The molecule has 0 fully saturated rings. The maximum Gasteiger partial charge on any atom is 0.254 e. The lowest BCUT2D eigenvalue weighted by atomic mass is 10.2. The fourth-order valence-electron chi connectivity index (χ4n) is 2.83. The van der Waals surface area contributed by atoms with E-state index in [2.05, 4.69) is 16.7 Å². The average Bonchev–Trinajstić information content (AvgIpc) is 3.24. The van der Waals surface area contributed by atoms with Crippen LogP contribution in [0.4, 0.5) is 0 Å². The predicted molar refractivity (Wildman–Crippen MR) is 115 cm³/mol. The monoisotopic (exact) mass is 423 g/mol. The molecule has 0 aliphatic heterocycles. The van der Waals surface area contributed by atoms with Crippen molar-refractivity contribution in [2.24, 2.45) is 0 Å². The maximum absolute atomic E-state index is 12.8. The number of benzene rings is 2. The third-order valence-corrected chi connectivity index (χ3v) is 4.40. The molecule has 0 N–H and O–H groups in total. The number of carbonyl (C=O) groups is 1. The molecule has 0 saturated heterocycles. The Bertz CT molecular complexity index is 1080. The smallest absolute Gasteiger partial charge is 0.254 e. The molecule has 0 unspecified atom stereocenters. The molecule has 0 saturated carbocycles. The Morgan fingerprint density at radius 3 is 2.65 bits per heavy atom. The zero-order valence-electron chi connectivity index (χ0n) is 18.0. The molecule has 0 radical (unpaired) electrons. The highest BCUT2D eigenvalue weighted by Gasteiger charge is 2.18. The zero-order valence-corrected chi connectivity index (χ0v) is 18.0. The minimum atomic E-state index is -0.192. The number of hydrogen-bond acceptors (Lipinski definition) is 7. The van der Waals surface area contributed by atoms with Gasteiger partial charge in [-0.05, 0) is 42.8 Å². The standard InChI is InChI=1S/C23H25N3O5/c1-15(2)14-30-18-8-6-7-16(11-18)23(27)26(3)13-21-24-22(25-31-21)19-10-9-17(28-4)12-20(19)29-5/h6-12H,1,13-14H2,2-5H3. The van der Waals surface area contributed by atoms with Gasteiger partial charge in [0, 0.05) is 18.7 Å². The second kappa shape index (κ2) is 9.80. The van der Waals surface area contributed by atoms with Crippen molar-refractivity contribution in [3.05, 3.63) is 66.1 Å². The number of rotatable bonds is 9. The lowest BCUT2D eigenvalue weighted by Gasteiger charge is -2.15. The molecule has 1 amide bonds. The first kappa shape index (κ1) is 21.9. The maximum atomic E-state index is 12.8. The van der Waals surface area contributed by atoms with E-state index in [0.717, 1.165) is 5.57 Å². The van der Waals surface area contributed by atoms with Crippen LogP contribution in [0.5, 0.6) is 17.2 Å². The molecule has 0 atom stereocenters. The van der Waals surface area contributed by atoms with Gasteiger partial charge in [0.15, 0.2) is 0 Å². The molecule has 8 nitrogen and oxygen atoms in total. The summed E-state index contributed by atoms with van der Waals surface area (Å²) in [6, 6.07) is 12.3. The number of ether oxygens (including phenoxy) is 3. The first-order valence-electron chi connectivity index (χ1n) is 9.59. The lowest BCUT2D eigenvalue weighted by molar-refractivity contribution is 0.0769. The van der Waals surface area contributed by atoms with E-state index in [1.807, 2.05) is 6.92 Å². The van der Waals surface area contributed by atoms with Gasteiger partial charge in [0.25, 0.3) is 5.91 Å². The van der Waals surface area contributed by atoms with Gasteiger partial charge in [0.05, 0.1) is 26.3 Å². The van der Waals surface area contributed by atoms with Gasteiger partial charge < -0.3 is 23.6 Å². The van der Waals surface area contributed by atoms with Crippen LogP contribution in [0.2, 0.25) is 0 Å². The van der Waals surface area contributed by atoms with Gasteiger partial charge in [-0.1, -0.05) is 17.8 Å². The second-order valence-electron chi connectivity index (χ2n) is 7.01. The summed E-state index contributed by atoms with van der Waals surface area (Å²) in [6.07, 6.45) is 0. The van der Waals surface area contributed by atoms with Gasteiger partial charge in [0.2, 0.25) is 11.7 Å². The van der Waals surface area contributed by atoms with Crippen LogP contribution in [-0.4, -0.2) is 48.8 Å². The van der Waals surface area contributed by atoms with Crippen LogP contribution in [0.1, 0.15) is 23.2 Å². The molecular formula is C23H25N3O5. The van der Waals surface area contributed by atoms with Gasteiger partial charge in [-0.25, -0.2) is 0 Å². The number of methoxy groups -OCH3 is 2. The Labute approximate surface area is 181 Å². The van der Waals surface area contributed by atoms with Gasteiger partial charge in [-0.3, -0.25) is 4.79 Å². The number of amides is 1. The van der Waals surface area contributed by atoms with Crippen molar-refractivity contribution in [1.29, 1.82) is 0 Å². The molecule has 0 aliphatic rings. The summed E-state index contributed by atoms with van der Waals surface area (Å²) in [5.74, 6) is 2.30. The van der Waals surface area contributed by atoms with Crippen molar-refractivity contribution in [1.82, 2.24) is 15.0 Å². The van der Waals surface area contributed by atoms with E-state index in [1.54, 1.807) is 63.7 Å². The summed E-state index contributed by atoms with van der Waals surface area (Å²) < 4.78 is 21.6. The fraction of sp³-hybridized carbons (Fsp3) is 0.261. The Hall–Kier alpha value is -3.81. The number of hydrogen-bond donors (Lipinski definition) is 0. The first-order valence-corrected chi connectivity index (χ1v) is 9.59. The third-order valence-electron chi connectivity index (χ3n) is 4.40. The highest BCUT2D eigenvalue weighted by Crippen LogP contribution is 2.31. The van der Waals surface area contributed by atoms with Crippen LogP contribution >= 0.6 is 0 Å². The van der Waals surface area contributed by atoms with Crippen LogP contribution in [0.3, 0.4) is 0 Å². The van der Waals surface area contributed by atoms with E-state index < -0.39 is 0 Å². The highest BCUT2D eigenvalue weighted by atomic mass is 16.5. The van der Waals surface area contributed by atoms with Gasteiger partial charge in [0.1, 0.15) is 23.9 Å². The molecule has 8 heteroatoms. The number of aromatic nitrogens is 2. The molecule has 0 bridgehead atoms. The summed E-state index contributed by atoms with van der Waals surface area (Å²) in [7, 11) is 4.80. The Balaban J connectivity index is 1.71. The van der Waals surface area contributed by atoms with Gasteiger partial charge in [-0.15, -0.1) is 0 Å². The largest absolute Gasteiger partial charge is 0.497 e. The second-order valence-corrected chi connectivity index (χ2v) is 7.01. The molecule has 1 heterocycles. The molecule has 3 rings (SSSR count). The first-order chi connectivity index (χ1) is 14.9. The van der Waals surface area contributed by atoms with Crippen molar-refractivity contribution in [2.45, 2.75) is 13.5 Å². The summed E-state index contributed by atoms with van der Waals surface area (Å²) in [6.45, 7) is 6.24. The van der Waals surface area contributed by atoms with Crippen LogP contribution in [0.15, 0.2) is 59.1 Å². The van der Waals surface area contributed by atoms with E-state index in [4.69, 9.17) is 18.7 Å². The van der Waals surface area contributed by atoms with Gasteiger partial charge in [-0.2, -0.15) is 4.98 Å². The molecular weight excluding hydrogens is 398 g/mol. The van der Waals surface area contributed by atoms with Crippen LogP contribution in [0.25, 0.3) is 11.4 Å². The predicted octanol–water partition coefficient (Wildman–Crippen LogP) is 3.98. The van der Waals surface area contributed by atoms with E-state index in [1.165, 1.54) is 4.90 Å². The van der Waals surface area contributed by atoms with Crippen molar-refractivity contribution in [3.8, 4) is 28.6 Å². The minimum absolute atomic E-state index is 0.154. The van der Waals surface area contributed by atoms with E-state index in [0.29, 0.717) is 46.7 Å². The van der Waals surface area contributed by atoms with Crippen LogP contribution < -0.4 is 14.2 Å². The molecule has 162 valence electrons. The Morgan fingerprint density at radius 1 is 1.13 bits per heavy atom. The normalized spacial score (nSPS) is 10.5. The third kappa shape index (κ3) is 5.42. The molecule has 2 aromatic carbocycles. The molecule has 3 aromatic rings. The zero-order chi connectivity index (χ0) is 22.4.